The molecule has 20 heavy (non-hydrogen) atoms. The lowest BCUT2D eigenvalue weighted by atomic mass is 10.1. The van der Waals surface area contributed by atoms with Gasteiger partial charge >= 0.3 is 0 Å². The fourth-order valence-electron chi connectivity index (χ4n) is 1.87. The van der Waals surface area contributed by atoms with Gasteiger partial charge in [-0.2, -0.15) is 0 Å². The summed E-state index contributed by atoms with van der Waals surface area (Å²) in [5, 5.41) is 0. The summed E-state index contributed by atoms with van der Waals surface area (Å²) in [5.41, 5.74) is 7.59. The standard InChI is InChI=1S/C15H15BrN2O2/c1-18(12-5-3-4-11(17)9-12)15(19)13-7-6-10(16)8-14(13)20-2/h3-9H,17H2,1-2H3. The number of benzene rings is 2. The van der Waals surface area contributed by atoms with Gasteiger partial charge in [0.25, 0.3) is 5.91 Å². The lowest BCUT2D eigenvalue weighted by Crippen LogP contribution is -2.26. The Balaban J connectivity index is 2.36. The van der Waals surface area contributed by atoms with Crippen LogP contribution in [0.1, 0.15) is 10.4 Å². The second kappa shape index (κ2) is 5.96. The number of hydrogen-bond acceptors (Lipinski definition) is 3. The first-order valence-electron chi connectivity index (χ1n) is 6.00. The number of rotatable bonds is 3. The first-order chi connectivity index (χ1) is 9.52. The SMILES string of the molecule is COc1cc(Br)ccc1C(=O)N(C)c1cccc(N)c1. The van der Waals surface area contributed by atoms with Crippen LogP contribution in [0.3, 0.4) is 0 Å². The smallest absolute Gasteiger partial charge is 0.261 e. The number of hydrogen-bond donors (Lipinski definition) is 1. The average molecular weight is 335 g/mol. The molecule has 2 rings (SSSR count). The second-order valence-electron chi connectivity index (χ2n) is 4.30. The number of ether oxygens (including phenoxy) is 1. The average Bonchev–Trinajstić information content (AvgIpc) is 2.45. The van der Waals surface area contributed by atoms with Gasteiger partial charge in [-0.15, -0.1) is 0 Å². The molecule has 2 aromatic carbocycles. The van der Waals surface area contributed by atoms with Gasteiger partial charge in [-0.1, -0.05) is 22.0 Å². The monoisotopic (exact) mass is 334 g/mol. The van der Waals surface area contributed by atoms with E-state index >= 15 is 0 Å². The number of halogens is 1. The van der Waals surface area contributed by atoms with E-state index in [1.165, 1.54) is 0 Å². The van der Waals surface area contributed by atoms with E-state index in [1.807, 2.05) is 18.2 Å². The molecule has 0 heterocycles. The fourth-order valence-corrected chi connectivity index (χ4v) is 2.21. The largest absolute Gasteiger partial charge is 0.496 e. The van der Waals surface area contributed by atoms with E-state index < -0.39 is 0 Å². The summed E-state index contributed by atoms with van der Waals surface area (Å²) in [6.07, 6.45) is 0. The summed E-state index contributed by atoms with van der Waals surface area (Å²) in [5.74, 6) is 0.375. The van der Waals surface area contributed by atoms with Crippen LogP contribution in [-0.4, -0.2) is 20.1 Å². The van der Waals surface area contributed by atoms with Crippen LogP contribution in [0.15, 0.2) is 46.9 Å². The van der Waals surface area contributed by atoms with Gasteiger partial charge in [-0.25, -0.2) is 0 Å². The van der Waals surface area contributed by atoms with E-state index in [0.29, 0.717) is 17.0 Å². The Morgan fingerprint density at radius 3 is 2.65 bits per heavy atom. The summed E-state index contributed by atoms with van der Waals surface area (Å²) < 4.78 is 6.11. The van der Waals surface area contributed by atoms with E-state index in [2.05, 4.69) is 15.9 Å². The van der Waals surface area contributed by atoms with E-state index in [9.17, 15) is 4.79 Å². The predicted octanol–water partition coefficient (Wildman–Crippen LogP) is 3.32. The summed E-state index contributed by atoms with van der Waals surface area (Å²) in [6, 6.07) is 12.5. The van der Waals surface area contributed by atoms with Crippen molar-refractivity contribution in [2.45, 2.75) is 0 Å². The van der Waals surface area contributed by atoms with E-state index in [4.69, 9.17) is 10.5 Å². The van der Waals surface area contributed by atoms with Crippen LogP contribution in [0.4, 0.5) is 11.4 Å². The molecule has 0 saturated carbocycles. The number of nitrogens with zero attached hydrogens (tertiary/aromatic N) is 1. The molecule has 0 radical (unpaired) electrons. The van der Waals surface area contributed by atoms with Crippen LogP contribution in [0.25, 0.3) is 0 Å². The lowest BCUT2D eigenvalue weighted by molar-refractivity contribution is 0.0990. The highest BCUT2D eigenvalue weighted by Gasteiger charge is 2.18. The van der Waals surface area contributed by atoms with Crippen molar-refractivity contribution in [2.75, 3.05) is 24.8 Å². The molecule has 0 aromatic heterocycles. The van der Waals surface area contributed by atoms with Crippen molar-refractivity contribution in [1.82, 2.24) is 0 Å². The van der Waals surface area contributed by atoms with Crippen molar-refractivity contribution >= 4 is 33.2 Å². The van der Waals surface area contributed by atoms with Gasteiger partial charge in [0.05, 0.1) is 12.7 Å². The maximum absolute atomic E-state index is 12.5. The zero-order chi connectivity index (χ0) is 14.7. The molecule has 0 aliphatic heterocycles. The Morgan fingerprint density at radius 1 is 1.25 bits per heavy atom. The van der Waals surface area contributed by atoms with Crippen LogP contribution in [0.2, 0.25) is 0 Å². The van der Waals surface area contributed by atoms with Crippen LogP contribution < -0.4 is 15.4 Å². The maximum Gasteiger partial charge on any atom is 0.261 e. The van der Waals surface area contributed by atoms with E-state index in [-0.39, 0.29) is 5.91 Å². The van der Waals surface area contributed by atoms with Crippen molar-refractivity contribution < 1.29 is 9.53 Å². The Morgan fingerprint density at radius 2 is 2.00 bits per heavy atom. The summed E-state index contributed by atoms with van der Waals surface area (Å²) in [4.78, 5) is 14.1. The molecule has 0 bridgehead atoms. The minimum absolute atomic E-state index is 0.153. The molecule has 4 nitrogen and oxygen atoms in total. The Kier molecular flexibility index (Phi) is 4.29. The summed E-state index contributed by atoms with van der Waals surface area (Å²) in [6.45, 7) is 0. The molecule has 0 atom stereocenters. The molecular formula is C15H15BrN2O2. The number of nitrogens with two attached hydrogens (primary N) is 1. The molecule has 2 aromatic rings. The van der Waals surface area contributed by atoms with Gasteiger partial charge < -0.3 is 15.4 Å². The third kappa shape index (κ3) is 2.93. The highest BCUT2D eigenvalue weighted by molar-refractivity contribution is 9.10. The molecular weight excluding hydrogens is 320 g/mol. The summed E-state index contributed by atoms with van der Waals surface area (Å²) in [7, 11) is 3.25. The molecule has 5 heteroatoms. The number of carbonyl (C=O) groups excluding carboxylic acids is 1. The van der Waals surface area contributed by atoms with Gasteiger partial charge in [-0.05, 0) is 36.4 Å². The van der Waals surface area contributed by atoms with Crippen LogP contribution >= 0.6 is 15.9 Å². The minimum atomic E-state index is -0.153. The van der Waals surface area contributed by atoms with E-state index in [0.717, 1.165) is 10.2 Å². The van der Waals surface area contributed by atoms with Crippen molar-refractivity contribution in [3.05, 3.63) is 52.5 Å². The molecule has 0 aliphatic rings. The number of amides is 1. The maximum atomic E-state index is 12.5. The van der Waals surface area contributed by atoms with Crippen molar-refractivity contribution in [3.8, 4) is 5.75 Å². The fraction of sp³-hybridized carbons (Fsp3) is 0.133. The quantitative estimate of drug-likeness (QED) is 0.876. The van der Waals surface area contributed by atoms with Gasteiger partial charge in [0.15, 0.2) is 0 Å². The highest BCUT2D eigenvalue weighted by atomic mass is 79.9. The third-order valence-corrected chi connectivity index (χ3v) is 3.45. The molecule has 0 spiro atoms. The second-order valence-corrected chi connectivity index (χ2v) is 5.22. The van der Waals surface area contributed by atoms with Crippen molar-refractivity contribution in [1.29, 1.82) is 0 Å². The van der Waals surface area contributed by atoms with Gasteiger partial charge in [0, 0.05) is 22.9 Å². The normalized spacial score (nSPS) is 10.2. The zero-order valence-corrected chi connectivity index (χ0v) is 12.8. The molecule has 1 amide bonds. The Hall–Kier alpha value is -2.01. The predicted molar refractivity (Wildman–Crippen MR) is 84.3 cm³/mol. The van der Waals surface area contributed by atoms with Crippen LogP contribution in [-0.2, 0) is 0 Å². The topological polar surface area (TPSA) is 55.6 Å². The van der Waals surface area contributed by atoms with Gasteiger partial charge in [-0.3, -0.25) is 4.79 Å². The van der Waals surface area contributed by atoms with Gasteiger partial charge in [0.1, 0.15) is 5.75 Å². The molecule has 2 N–H and O–H groups in total. The summed E-state index contributed by atoms with van der Waals surface area (Å²) >= 11 is 3.36. The number of carbonyl (C=O) groups is 1. The third-order valence-electron chi connectivity index (χ3n) is 2.96. The molecule has 0 unspecified atom stereocenters. The first kappa shape index (κ1) is 14.4. The number of anilines is 2. The van der Waals surface area contributed by atoms with Gasteiger partial charge in [0.2, 0.25) is 0 Å². The Bertz CT molecular complexity index is 644. The first-order valence-corrected chi connectivity index (χ1v) is 6.79. The van der Waals surface area contributed by atoms with Crippen molar-refractivity contribution in [3.63, 3.8) is 0 Å². The molecule has 0 fully saturated rings. The molecule has 0 saturated heterocycles. The van der Waals surface area contributed by atoms with Crippen molar-refractivity contribution in [2.24, 2.45) is 0 Å². The van der Waals surface area contributed by atoms with E-state index in [1.54, 1.807) is 43.3 Å². The molecule has 0 aliphatic carbocycles. The lowest BCUT2D eigenvalue weighted by Gasteiger charge is -2.19. The van der Waals surface area contributed by atoms with Crippen LogP contribution in [0.5, 0.6) is 5.75 Å². The number of nitrogen functional groups attached to an aromatic ring is 1. The zero-order valence-electron chi connectivity index (χ0n) is 11.3. The number of methoxy groups -OCH3 is 1. The molecule has 104 valence electrons. The highest BCUT2D eigenvalue weighted by Crippen LogP contribution is 2.26. The minimum Gasteiger partial charge on any atom is -0.496 e. The van der Waals surface area contributed by atoms with Crippen LogP contribution in [0, 0.1) is 0 Å². The Labute approximate surface area is 126 Å².